The van der Waals surface area contributed by atoms with E-state index in [1.807, 2.05) is 18.9 Å². The summed E-state index contributed by atoms with van der Waals surface area (Å²) in [6.07, 6.45) is 1.32. The third kappa shape index (κ3) is 3.40. The first-order chi connectivity index (χ1) is 8.19. The summed E-state index contributed by atoms with van der Waals surface area (Å²) in [5.74, 6) is 0.247. The van der Waals surface area contributed by atoms with E-state index in [9.17, 15) is 4.79 Å². The first kappa shape index (κ1) is 12.8. The van der Waals surface area contributed by atoms with Crippen LogP contribution in [-0.2, 0) is 9.53 Å². The van der Waals surface area contributed by atoms with E-state index >= 15 is 0 Å². The predicted molar refractivity (Wildman–Crippen MR) is 65.9 cm³/mol. The molecule has 0 spiro atoms. The van der Waals surface area contributed by atoms with Crippen molar-refractivity contribution in [1.82, 2.24) is 15.1 Å². The van der Waals surface area contributed by atoms with E-state index in [1.54, 1.807) is 0 Å². The maximum atomic E-state index is 12.1. The number of likely N-dealkylation sites (tertiary alicyclic amines) is 1. The molecule has 2 rings (SSSR count). The molecule has 2 unspecified atom stereocenters. The fourth-order valence-electron chi connectivity index (χ4n) is 2.55. The molecular formula is C12H23N3O2. The van der Waals surface area contributed by atoms with Crippen LogP contribution in [-0.4, -0.2) is 74.2 Å². The molecule has 0 aromatic rings. The minimum atomic E-state index is 0.177. The fourth-order valence-corrected chi connectivity index (χ4v) is 2.55. The van der Waals surface area contributed by atoms with Crippen molar-refractivity contribution in [1.29, 1.82) is 0 Å². The lowest BCUT2D eigenvalue weighted by molar-refractivity contribution is -0.139. The molecule has 5 nitrogen and oxygen atoms in total. The number of nitrogens with zero attached hydrogens (tertiary/aromatic N) is 2. The Kier molecular flexibility index (Phi) is 4.36. The standard InChI is InChI=1S/C12H23N3O2/c1-10-7-15(5-6-17-10)12(16)9-14-4-3-11(8-14)13-2/h10-11,13H,3-9H2,1-2H3. The van der Waals surface area contributed by atoms with Crippen LogP contribution >= 0.6 is 0 Å². The molecule has 2 heterocycles. The van der Waals surface area contributed by atoms with Gasteiger partial charge in [0, 0.05) is 32.2 Å². The lowest BCUT2D eigenvalue weighted by atomic mass is 10.3. The Morgan fingerprint density at radius 1 is 1.41 bits per heavy atom. The van der Waals surface area contributed by atoms with E-state index in [4.69, 9.17) is 4.74 Å². The molecule has 1 amide bonds. The molecule has 2 fully saturated rings. The van der Waals surface area contributed by atoms with Crippen LogP contribution in [0.4, 0.5) is 0 Å². The van der Waals surface area contributed by atoms with Crippen molar-refractivity contribution >= 4 is 5.91 Å². The summed E-state index contributed by atoms with van der Waals surface area (Å²) in [6.45, 7) is 6.75. The van der Waals surface area contributed by atoms with Gasteiger partial charge in [-0.15, -0.1) is 0 Å². The Balaban J connectivity index is 1.77. The van der Waals surface area contributed by atoms with Crippen LogP contribution in [0.25, 0.3) is 0 Å². The minimum absolute atomic E-state index is 0.177. The second kappa shape index (κ2) is 5.80. The Labute approximate surface area is 103 Å². The number of likely N-dealkylation sites (N-methyl/N-ethyl adjacent to an activating group) is 1. The summed E-state index contributed by atoms with van der Waals surface area (Å²) in [6, 6.07) is 0.548. The average molecular weight is 241 g/mol. The topological polar surface area (TPSA) is 44.8 Å². The highest BCUT2D eigenvalue weighted by Gasteiger charge is 2.26. The third-order valence-corrected chi connectivity index (χ3v) is 3.63. The van der Waals surface area contributed by atoms with Crippen molar-refractivity contribution in [3.63, 3.8) is 0 Å². The molecule has 17 heavy (non-hydrogen) atoms. The Morgan fingerprint density at radius 3 is 2.88 bits per heavy atom. The van der Waals surface area contributed by atoms with Crippen molar-refractivity contribution in [2.45, 2.75) is 25.5 Å². The molecule has 5 heteroatoms. The molecule has 0 aliphatic carbocycles. The van der Waals surface area contributed by atoms with E-state index in [2.05, 4.69) is 10.2 Å². The zero-order chi connectivity index (χ0) is 12.3. The molecule has 98 valence electrons. The van der Waals surface area contributed by atoms with E-state index in [0.717, 1.165) is 32.6 Å². The van der Waals surface area contributed by atoms with E-state index in [0.29, 0.717) is 19.2 Å². The number of morpholine rings is 1. The SMILES string of the molecule is CNC1CCN(CC(=O)N2CCOC(C)C2)C1. The van der Waals surface area contributed by atoms with E-state index in [-0.39, 0.29) is 12.0 Å². The molecule has 0 aromatic heterocycles. The molecular weight excluding hydrogens is 218 g/mol. The number of hydrogen-bond acceptors (Lipinski definition) is 4. The molecule has 1 N–H and O–H groups in total. The first-order valence-electron chi connectivity index (χ1n) is 6.48. The van der Waals surface area contributed by atoms with Crippen molar-refractivity contribution in [3.8, 4) is 0 Å². The summed E-state index contributed by atoms with van der Waals surface area (Å²) in [5.41, 5.74) is 0. The highest BCUT2D eigenvalue weighted by atomic mass is 16.5. The van der Waals surface area contributed by atoms with Gasteiger partial charge < -0.3 is 15.0 Å². The number of amides is 1. The zero-order valence-corrected chi connectivity index (χ0v) is 10.8. The number of hydrogen-bond donors (Lipinski definition) is 1. The largest absolute Gasteiger partial charge is 0.375 e. The predicted octanol–water partition coefficient (Wildman–Crippen LogP) is -0.473. The van der Waals surface area contributed by atoms with Gasteiger partial charge in [0.2, 0.25) is 5.91 Å². The summed E-state index contributed by atoms with van der Waals surface area (Å²) >= 11 is 0. The molecule has 0 saturated carbocycles. The lowest BCUT2D eigenvalue weighted by Crippen LogP contribution is -2.48. The van der Waals surface area contributed by atoms with E-state index in [1.165, 1.54) is 0 Å². The Morgan fingerprint density at radius 2 is 2.24 bits per heavy atom. The number of carbonyl (C=O) groups excluding carboxylic acids is 1. The normalized spacial score (nSPS) is 30.8. The molecule has 2 aliphatic heterocycles. The Bertz CT molecular complexity index is 272. The number of ether oxygens (including phenoxy) is 1. The summed E-state index contributed by atoms with van der Waals surface area (Å²) in [7, 11) is 1.99. The van der Waals surface area contributed by atoms with E-state index < -0.39 is 0 Å². The summed E-state index contributed by atoms with van der Waals surface area (Å²) in [5, 5.41) is 3.27. The Hall–Kier alpha value is -0.650. The summed E-state index contributed by atoms with van der Waals surface area (Å²) < 4.78 is 5.45. The van der Waals surface area contributed by atoms with Crippen LogP contribution in [0.2, 0.25) is 0 Å². The van der Waals surface area contributed by atoms with Gasteiger partial charge in [0.25, 0.3) is 0 Å². The van der Waals surface area contributed by atoms with Gasteiger partial charge in [-0.3, -0.25) is 9.69 Å². The van der Waals surface area contributed by atoms with Gasteiger partial charge in [-0.2, -0.15) is 0 Å². The smallest absolute Gasteiger partial charge is 0.236 e. The van der Waals surface area contributed by atoms with Gasteiger partial charge in [0.05, 0.1) is 19.3 Å². The fraction of sp³-hybridized carbons (Fsp3) is 0.917. The highest BCUT2D eigenvalue weighted by Crippen LogP contribution is 2.10. The van der Waals surface area contributed by atoms with Gasteiger partial charge in [-0.1, -0.05) is 0 Å². The van der Waals surface area contributed by atoms with Gasteiger partial charge in [0.15, 0.2) is 0 Å². The average Bonchev–Trinajstić information content (AvgIpc) is 2.77. The van der Waals surface area contributed by atoms with Crippen LogP contribution in [0, 0.1) is 0 Å². The molecule has 2 saturated heterocycles. The molecule has 0 aromatic carbocycles. The van der Waals surface area contributed by atoms with Crippen LogP contribution < -0.4 is 5.32 Å². The number of rotatable bonds is 3. The lowest BCUT2D eigenvalue weighted by Gasteiger charge is -2.32. The van der Waals surface area contributed by atoms with Crippen LogP contribution in [0.5, 0.6) is 0 Å². The van der Waals surface area contributed by atoms with Crippen LogP contribution in [0.1, 0.15) is 13.3 Å². The van der Waals surface area contributed by atoms with Crippen molar-refractivity contribution in [2.75, 3.05) is 46.4 Å². The third-order valence-electron chi connectivity index (χ3n) is 3.63. The van der Waals surface area contributed by atoms with Gasteiger partial charge in [-0.05, 0) is 20.4 Å². The maximum Gasteiger partial charge on any atom is 0.236 e. The molecule has 2 aliphatic rings. The second-order valence-electron chi connectivity index (χ2n) is 5.03. The maximum absolute atomic E-state index is 12.1. The highest BCUT2D eigenvalue weighted by molar-refractivity contribution is 5.78. The van der Waals surface area contributed by atoms with Crippen LogP contribution in [0.15, 0.2) is 0 Å². The van der Waals surface area contributed by atoms with Gasteiger partial charge in [-0.25, -0.2) is 0 Å². The number of carbonyl (C=O) groups is 1. The van der Waals surface area contributed by atoms with Crippen LogP contribution in [0.3, 0.4) is 0 Å². The van der Waals surface area contributed by atoms with Gasteiger partial charge in [0.1, 0.15) is 0 Å². The first-order valence-corrected chi connectivity index (χ1v) is 6.48. The van der Waals surface area contributed by atoms with Crippen molar-refractivity contribution in [3.05, 3.63) is 0 Å². The van der Waals surface area contributed by atoms with Gasteiger partial charge >= 0.3 is 0 Å². The molecule has 2 atom stereocenters. The summed E-state index contributed by atoms with van der Waals surface area (Å²) in [4.78, 5) is 16.3. The van der Waals surface area contributed by atoms with Crippen molar-refractivity contribution in [2.24, 2.45) is 0 Å². The minimum Gasteiger partial charge on any atom is -0.375 e. The monoisotopic (exact) mass is 241 g/mol. The van der Waals surface area contributed by atoms with Crippen molar-refractivity contribution < 1.29 is 9.53 Å². The molecule has 0 bridgehead atoms. The molecule has 0 radical (unpaired) electrons. The number of nitrogens with one attached hydrogen (secondary N) is 1. The second-order valence-corrected chi connectivity index (χ2v) is 5.03. The zero-order valence-electron chi connectivity index (χ0n) is 10.8. The quantitative estimate of drug-likeness (QED) is 0.725.